The van der Waals surface area contributed by atoms with Gasteiger partial charge in [0.05, 0.1) is 0 Å². The third-order valence-electron chi connectivity index (χ3n) is 4.42. The normalized spacial score (nSPS) is 17.5. The van der Waals surface area contributed by atoms with Gasteiger partial charge in [-0.3, -0.25) is 4.79 Å². The third-order valence-corrected chi connectivity index (χ3v) is 4.42. The number of likely N-dealkylation sites (tertiary alicyclic amines) is 1. The van der Waals surface area contributed by atoms with E-state index >= 15 is 0 Å². The zero-order chi connectivity index (χ0) is 17.1. The molecule has 1 aliphatic heterocycles. The molecule has 2 N–H and O–H groups in total. The summed E-state index contributed by atoms with van der Waals surface area (Å²) in [5.41, 5.74) is 6.77. The van der Waals surface area contributed by atoms with Crippen LogP contribution < -0.4 is 5.73 Å². The van der Waals surface area contributed by atoms with Crippen LogP contribution >= 0.6 is 0 Å². The van der Waals surface area contributed by atoms with Gasteiger partial charge in [0.25, 0.3) is 0 Å². The minimum atomic E-state index is -0.308. The quantitative estimate of drug-likeness (QED) is 0.904. The van der Waals surface area contributed by atoms with Crippen LogP contribution in [0.15, 0.2) is 22.7 Å². The van der Waals surface area contributed by atoms with Gasteiger partial charge in [-0.05, 0) is 37.4 Å². The van der Waals surface area contributed by atoms with Gasteiger partial charge in [0.2, 0.25) is 17.6 Å². The second kappa shape index (κ2) is 7.09. The molecule has 0 unspecified atom stereocenters. The van der Waals surface area contributed by atoms with Crippen LogP contribution in [0.1, 0.15) is 24.3 Å². The molecule has 24 heavy (non-hydrogen) atoms. The molecule has 7 heteroatoms. The van der Waals surface area contributed by atoms with E-state index in [0.717, 1.165) is 19.5 Å². The summed E-state index contributed by atoms with van der Waals surface area (Å²) in [5, 5.41) is 3.86. The number of rotatable bonds is 5. The number of nitrogens with two attached hydrogens (primary N) is 1. The Morgan fingerprint density at radius 3 is 3.04 bits per heavy atom. The van der Waals surface area contributed by atoms with E-state index in [1.807, 2.05) is 4.90 Å². The van der Waals surface area contributed by atoms with Crippen LogP contribution in [-0.2, 0) is 11.2 Å². The minimum Gasteiger partial charge on any atom is -0.342 e. The van der Waals surface area contributed by atoms with E-state index in [1.54, 1.807) is 19.1 Å². The van der Waals surface area contributed by atoms with Crippen molar-refractivity contribution in [3.63, 3.8) is 0 Å². The Labute approximate surface area is 139 Å². The molecular formula is C17H21FN4O2. The van der Waals surface area contributed by atoms with Gasteiger partial charge in [0, 0.05) is 31.5 Å². The molecule has 128 valence electrons. The lowest BCUT2D eigenvalue weighted by Crippen LogP contribution is -2.30. The average Bonchev–Trinajstić information content (AvgIpc) is 3.24. The molecular weight excluding hydrogens is 311 g/mol. The summed E-state index contributed by atoms with van der Waals surface area (Å²) < 4.78 is 18.8. The van der Waals surface area contributed by atoms with Crippen molar-refractivity contribution >= 4 is 5.91 Å². The van der Waals surface area contributed by atoms with Crippen LogP contribution in [-0.4, -0.2) is 40.6 Å². The van der Waals surface area contributed by atoms with Crippen molar-refractivity contribution in [3.05, 3.63) is 35.5 Å². The molecule has 1 fully saturated rings. The molecule has 3 rings (SSSR count). The largest absolute Gasteiger partial charge is 0.342 e. The number of aromatic nitrogens is 2. The molecule has 1 aromatic carbocycles. The predicted molar refractivity (Wildman–Crippen MR) is 86.5 cm³/mol. The van der Waals surface area contributed by atoms with Crippen LogP contribution in [0.5, 0.6) is 0 Å². The number of benzene rings is 1. The molecule has 0 spiro atoms. The smallest absolute Gasteiger partial charge is 0.227 e. The van der Waals surface area contributed by atoms with Crippen molar-refractivity contribution in [2.24, 2.45) is 11.7 Å². The monoisotopic (exact) mass is 332 g/mol. The van der Waals surface area contributed by atoms with Crippen molar-refractivity contribution in [3.8, 4) is 11.4 Å². The lowest BCUT2D eigenvalue weighted by atomic mass is 10.1. The van der Waals surface area contributed by atoms with Gasteiger partial charge < -0.3 is 15.2 Å². The summed E-state index contributed by atoms with van der Waals surface area (Å²) in [5.74, 6) is 0.889. The fourth-order valence-corrected chi connectivity index (χ4v) is 2.83. The minimum absolute atomic E-state index is 0.0760. The zero-order valence-corrected chi connectivity index (χ0v) is 13.7. The molecule has 6 nitrogen and oxygen atoms in total. The Balaban J connectivity index is 1.58. The van der Waals surface area contributed by atoms with Crippen molar-refractivity contribution in [2.45, 2.75) is 26.2 Å². The van der Waals surface area contributed by atoms with E-state index in [2.05, 4.69) is 10.1 Å². The standard InChI is InChI=1S/C17H21FN4O2/c1-11-2-3-13(8-14(11)18)17-20-15(24-21-17)4-5-16(23)22-7-6-12(9-19)10-22/h2-3,8,12H,4-7,9-10,19H2,1H3/t12-/m0/s1. The number of carbonyl (C=O) groups is 1. The third kappa shape index (κ3) is 3.62. The summed E-state index contributed by atoms with van der Waals surface area (Å²) in [6.07, 6.45) is 1.66. The van der Waals surface area contributed by atoms with E-state index in [1.165, 1.54) is 6.07 Å². The molecule has 1 saturated heterocycles. The highest BCUT2D eigenvalue weighted by atomic mass is 19.1. The second-order valence-electron chi connectivity index (χ2n) is 6.21. The van der Waals surface area contributed by atoms with Crippen LogP contribution in [0.4, 0.5) is 4.39 Å². The van der Waals surface area contributed by atoms with Gasteiger partial charge in [-0.25, -0.2) is 4.39 Å². The van der Waals surface area contributed by atoms with Crippen LogP contribution in [0.3, 0.4) is 0 Å². The maximum Gasteiger partial charge on any atom is 0.227 e. The molecule has 1 aromatic heterocycles. The Morgan fingerprint density at radius 1 is 1.50 bits per heavy atom. The van der Waals surface area contributed by atoms with Gasteiger partial charge in [0.15, 0.2) is 0 Å². The number of aryl methyl sites for hydroxylation is 2. The fourth-order valence-electron chi connectivity index (χ4n) is 2.83. The highest BCUT2D eigenvalue weighted by molar-refractivity contribution is 5.76. The summed E-state index contributed by atoms with van der Waals surface area (Å²) in [4.78, 5) is 18.3. The van der Waals surface area contributed by atoms with Crippen molar-refractivity contribution < 1.29 is 13.7 Å². The highest BCUT2D eigenvalue weighted by Gasteiger charge is 2.25. The summed E-state index contributed by atoms with van der Waals surface area (Å²) in [7, 11) is 0. The molecule has 1 amide bonds. The van der Waals surface area contributed by atoms with Crippen molar-refractivity contribution in [2.75, 3.05) is 19.6 Å². The molecule has 2 heterocycles. The Bertz CT molecular complexity index is 731. The van der Waals surface area contributed by atoms with Crippen molar-refractivity contribution in [1.82, 2.24) is 15.0 Å². The van der Waals surface area contributed by atoms with Crippen LogP contribution in [0, 0.1) is 18.7 Å². The first-order valence-electron chi connectivity index (χ1n) is 8.13. The maximum absolute atomic E-state index is 13.6. The van der Waals surface area contributed by atoms with Gasteiger partial charge >= 0.3 is 0 Å². The maximum atomic E-state index is 13.6. The topological polar surface area (TPSA) is 85.2 Å². The van der Waals surface area contributed by atoms with Gasteiger partial charge in [0.1, 0.15) is 5.82 Å². The van der Waals surface area contributed by atoms with E-state index in [9.17, 15) is 9.18 Å². The SMILES string of the molecule is Cc1ccc(-c2noc(CCC(=O)N3CC[C@@H](CN)C3)n2)cc1F. The van der Waals surface area contributed by atoms with Crippen LogP contribution in [0.2, 0.25) is 0 Å². The molecule has 1 aliphatic rings. The first kappa shape index (κ1) is 16.6. The second-order valence-corrected chi connectivity index (χ2v) is 6.21. The highest BCUT2D eigenvalue weighted by Crippen LogP contribution is 2.20. The number of hydrogen-bond acceptors (Lipinski definition) is 5. The first-order valence-corrected chi connectivity index (χ1v) is 8.13. The van der Waals surface area contributed by atoms with Gasteiger partial charge in [-0.1, -0.05) is 17.3 Å². The molecule has 0 radical (unpaired) electrons. The zero-order valence-electron chi connectivity index (χ0n) is 13.7. The average molecular weight is 332 g/mol. The van der Waals surface area contributed by atoms with E-state index < -0.39 is 0 Å². The fraction of sp³-hybridized carbons (Fsp3) is 0.471. The lowest BCUT2D eigenvalue weighted by Gasteiger charge is -2.15. The van der Waals surface area contributed by atoms with Crippen molar-refractivity contribution in [1.29, 1.82) is 0 Å². The van der Waals surface area contributed by atoms with Gasteiger partial charge in [-0.2, -0.15) is 4.98 Å². The number of nitrogens with zero attached hydrogens (tertiary/aromatic N) is 3. The molecule has 0 saturated carbocycles. The summed E-state index contributed by atoms with van der Waals surface area (Å²) in [6, 6.07) is 4.80. The Hall–Kier alpha value is -2.28. The molecule has 2 aromatic rings. The summed E-state index contributed by atoms with van der Waals surface area (Å²) in [6.45, 7) is 3.80. The number of carbonyl (C=O) groups excluding carboxylic acids is 1. The van der Waals surface area contributed by atoms with E-state index in [0.29, 0.717) is 48.1 Å². The molecule has 0 aliphatic carbocycles. The summed E-state index contributed by atoms with van der Waals surface area (Å²) >= 11 is 0. The first-order chi connectivity index (χ1) is 11.6. The predicted octanol–water partition coefficient (Wildman–Crippen LogP) is 1.92. The van der Waals surface area contributed by atoms with Gasteiger partial charge in [-0.15, -0.1) is 0 Å². The number of amides is 1. The molecule has 0 bridgehead atoms. The lowest BCUT2D eigenvalue weighted by molar-refractivity contribution is -0.130. The van der Waals surface area contributed by atoms with Crippen LogP contribution in [0.25, 0.3) is 11.4 Å². The number of halogens is 1. The van der Waals surface area contributed by atoms with E-state index in [-0.39, 0.29) is 11.7 Å². The Kier molecular flexibility index (Phi) is 4.89. The number of hydrogen-bond donors (Lipinski definition) is 1. The van der Waals surface area contributed by atoms with E-state index in [4.69, 9.17) is 10.3 Å². The Morgan fingerprint density at radius 2 is 2.33 bits per heavy atom. The molecule has 1 atom stereocenters.